The first-order valence-corrected chi connectivity index (χ1v) is 7.02. The molecule has 0 rings (SSSR count). The number of rotatable bonds is 11. The molecule has 18 heavy (non-hydrogen) atoms. The zero-order valence-corrected chi connectivity index (χ0v) is 11.8. The Balaban J connectivity index is 3.19. The molecule has 0 aliphatic heterocycles. The Hall–Kier alpha value is -0.770. The first kappa shape index (κ1) is 17.2. The summed E-state index contributed by atoms with van der Waals surface area (Å²) in [6.07, 6.45) is 8.61. The van der Waals surface area contributed by atoms with Crippen LogP contribution in [0.1, 0.15) is 58.3 Å². The zero-order valence-electron chi connectivity index (χ0n) is 11.1. The number of halogens is 1. The van der Waals surface area contributed by atoms with Gasteiger partial charge in [0.25, 0.3) is 0 Å². The third kappa shape index (κ3) is 13.3. The van der Waals surface area contributed by atoms with E-state index < -0.39 is 5.43 Å². The molecule has 0 N–H and O–H groups in total. The molecule has 4 nitrogen and oxygen atoms in total. The van der Waals surface area contributed by atoms with Crippen molar-refractivity contribution in [3.05, 3.63) is 0 Å². The second kappa shape index (κ2) is 12.7. The second-order valence-electron chi connectivity index (χ2n) is 4.18. The lowest BCUT2D eigenvalue weighted by Gasteiger charge is -2.04. The van der Waals surface area contributed by atoms with Gasteiger partial charge in [-0.1, -0.05) is 45.4 Å². The fourth-order valence-electron chi connectivity index (χ4n) is 1.58. The molecule has 0 saturated carbocycles. The molecular weight excluding hydrogens is 256 g/mol. The molecule has 0 amide bonds. The van der Waals surface area contributed by atoms with E-state index >= 15 is 0 Å². The van der Waals surface area contributed by atoms with Crippen LogP contribution in [-0.2, 0) is 14.3 Å². The Bertz CT molecular complexity index is 231. The van der Waals surface area contributed by atoms with Crippen molar-refractivity contribution in [2.45, 2.75) is 58.3 Å². The number of ether oxygens (including phenoxy) is 2. The first-order chi connectivity index (χ1) is 8.66. The van der Waals surface area contributed by atoms with Gasteiger partial charge in [0, 0.05) is 18.0 Å². The van der Waals surface area contributed by atoms with Gasteiger partial charge in [-0.2, -0.15) is 0 Å². The van der Waals surface area contributed by atoms with Crippen LogP contribution >= 0.6 is 11.6 Å². The molecule has 0 aromatic rings. The van der Waals surface area contributed by atoms with Crippen molar-refractivity contribution in [2.24, 2.45) is 0 Å². The maximum atomic E-state index is 11.2. The van der Waals surface area contributed by atoms with Crippen LogP contribution < -0.4 is 0 Å². The van der Waals surface area contributed by atoms with E-state index in [-0.39, 0.29) is 19.2 Å². The Morgan fingerprint density at radius 1 is 0.889 bits per heavy atom. The molecule has 5 heteroatoms. The maximum Gasteiger partial charge on any atom is 0.403 e. The largest absolute Gasteiger partial charge is 0.462 e. The smallest absolute Gasteiger partial charge is 0.403 e. The van der Waals surface area contributed by atoms with E-state index in [4.69, 9.17) is 16.3 Å². The van der Waals surface area contributed by atoms with Crippen molar-refractivity contribution < 1.29 is 19.1 Å². The lowest BCUT2D eigenvalue weighted by molar-refractivity contribution is -0.144. The van der Waals surface area contributed by atoms with Crippen LogP contribution in [0.2, 0.25) is 0 Å². The van der Waals surface area contributed by atoms with Gasteiger partial charge in [-0.15, -0.1) is 0 Å². The molecule has 0 aliphatic rings. The van der Waals surface area contributed by atoms with Crippen LogP contribution in [0.4, 0.5) is 4.79 Å². The summed E-state index contributed by atoms with van der Waals surface area (Å²) in [5, 5.41) is 0. The van der Waals surface area contributed by atoms with Crippen molar-refractivity contribution >= 4 is 23.0 Å². The third-order valence-electron chi connectivity index (χ3n) is 2.55. The number of carbonyl (C=O) groups excluding carboxylic acids is 2. The molecule has 0 spiro atoms. The van der Waals surface area contributed by atoms with E-state index in [2.05, 4.69) is 11.7 Å². The summed E-state index contributed by atoms with van der Waals surface area (Å²) in [5.74, 6) is -0.242. The zero-order chi connectivity index (χ0) is 13.6. The molecule has 0 aliphatic carbocycles. The number of esters is 1. The minimum absolute atomic E-state index is 0.0189. The normalized spacial score (nSPS) is 10.1. The molecule has 0 fully saturated rings. The van der Waals surface area contributed by atoms with Crippen LogP contribution in [-0.4, -0.2) is 24.6 Å². The predicted octanol–water partition coefficient (Wildman–Crippen LogP) is 4.05. The molecule has 0 aromatic heterocycles. The topological polar surface area (TPSA) is 52.6 Å². The molecule has 0 heterocycles. The minimum Gasteiger partial charge on any atom is -0.462 e. The highest BCUT2D eigenvalue weighted by atomic mass is 35.5. The summed E-state index contributed by atoms with van der Waals surface area (Å²) >= 11 is 4.95. The Kier molecular flexibility index (Phi) is 12.1. The summed E-state index contributed by atoms with van der Waals surface area (Å²) in [5.41, 5.74) is -0.877. The van der Waals surface area contributed by atoms with Gasteiger partial charge in [0.05, 0.1) is 0 Å². The predicted molar refractivity (Wildman–Crippen MR) is 70.8 cm³/mol. The van der Waals surface area contributed by atoms with E-state index in [9.17, 15) is 9.59 Å². The van der Waals surface area contributed by atoms with E-state index in [1.54, 1.807) is 0 Å². The SMILES string of the molecule is CCCCCCCCCC(=O)OCCOC(=O)Cl. The van der Waals surface area contributed by atoms with Gasteiger partial charge >= 0.3 is 11.4 Å². The lowest BCUT2D eigenvalue weighted by atomic mass is 10.1. The quantitative estimate of drug-likeness (QED) is 0.325. The molecule has 106 valence electrons. The fourth-order valence-corrected chi connectivity index (χ4v) is 1.65. The summed E-state index contributed by atoms with van der Waals surface area (Å²) in [6.45, 7) is 2.29. The Morgan fingerprint density at radius 3 is 2.06 bits per heavy atom. The number of hydrogen-bond donors (Lipinski definition) is 0. The monoisotopic (exact) mass is 278 g/mol. The Morgan fingerprint density at radius 2 is 1.44 bits per heavy atom. The van der Waals surface area contributed by atoms with Crippen LogP contribution in [0.15, 0.2) is 0 Å². The van der Waals surface area contributed by atoms with E-state index in [0.717, 1.165) is 12.8 Å². The minimum atomic E-state index is -0.877. The Labute approximate surface area is 114 Å². The van der Waals surface area contributed by atoms with Crippen LogP contribution in [0, 0.1) is 0 Å². The highest BCUT2D eigenvalue weighted by molar-refractivity contribution is 6.61. The van der Waals surface area contributed by atoms with Crippen molar-refractivity contribution in [1.29, 1.82) is 0 Å². The van der Waals surface area contributed by atoms with Gasteiger partial charge in [-0.3, -0.25) is 4.79 Å². The first-order valence-electron chi connectivity index (χ1n) is 6.64. The maximum absolute atomic E-state index is 11.2. The van der Waals surface area contributed by atoms with E-state index in [1.165, 1.54) is 32.1 Å². The molecule has 0 radical (unpaired) electrons. The van der Waals surface area contributed by atoms with Crippen molar-refractivity contribution in [3.63, 3.8) is 0 Å². The van der Waals surface area contributed by atoms with Gasteiger partial charge in [-0.05, 0) is 6.42 Å². The number of unbranched alkanes of at least 4 members (excludes halogenated alkanes) is 6. The highest BCUT2D eigenvalue weighted by Gasteiger charge is 2.03. The molecule has 0 saturated heterocycles. The van der Waals surface area contributed by atoms with Crippen molar-refractivity contribution in [3.8, 4) is 0 Å². The van der Waals surface area contributed by atoms with Gasteiger partial charge < -0.3 is 9.47 Å². The number of carbonyl (C=O) groups is 2. The van der Waals surface area contributed by atoms with Crippen LogP contribution in [0.3, 0.4) is 0 Å². The van der Waals surface area contributed by atoms with Crippen LogP contribution in [0.5, 0.6) is 0 Å². The summed E-state index contributed by atoms with van der Waals surface area (Å²) in [7, 11) is 0. The fraction of sp³-hybridized carbons (Fsp3) is 0.846. The van der Waals surface area contributed by atoms with Crippen molar-refractivity contribution in [2.75, 3.05) is 13.2 Å². The summed E-state index contributed by atoms with van der Waals surface area (Å²) in [4.78, 5) is 21.4. The molecule has 0 atom stereocenters. The van der Waals surface area contributed by atoms with Gasteiger partial charge in [-0.25, -0.2) is 4.79 Å². The van der Waals surface area contributed by atoms with E-state index in [0.29, 0.717) is 6.42 Å². The summed E-state index contributed by atoms with van der Waals surface area (Å²) in [6, 6.07) is 0. The lowest BCUT2D eigenvalue weighted by Crippen LogP contribution is -2.11. The highest BCUT2D eigenvalue weighted by Crippen LogP contribution is 2.08. The molecule has 0 bridgehead atoms. The molecular formula is C13H23ClO4. The number of hydrogen-bond acceptors (Lipinski definition) is 4. The van der Waals surface area contributed by atoms with Gasteiger partial charge in [0.1, 0.15) is 13.2 Å². The van der Waals surface area contributed by atoms with Gasteiger partial charge in [0.2, 0.25) is 0 Å². The molecule has 0 unspecified atom stereocenters. The standard InChI is InChI=1S/C13H23ClO4/c1-2-3-4-5-6-7-8-9-12(15)17-10-11-18-13(14)16/h2-11H2,1H3. The van der Waals surface area contributed by atoms with Crippen molar-refractivity contribution in [1.82, 2.24) is 0 Å². The second-order valence-corrected chi connectivity index (χ2v) is 4.49. The summed E-state index contributed by atoms with van der Waals surface area (Å²) < 4.78 is 9.28. The average molecular weight is 279 g/mol. The average Bonchev–Trinajstić information content (AvgIpc) is 2.33. The van der Waals surface area contributed by atoms with Gasteiger partial charge in [0.15, 0.2) is 0 Å². The molecule has 0 aromatic carbocycles. The van der Waals surface area contributed by atoms with Crippen LogP contribution in [0.25, 0.3) is 0 Å². The third-order valence-corrected chi connectivity index (χ3v) is 2.66. The van der Waals surface area contributed by atoms with E-state index in [1.807, 2.05) is 0 Å².